The minimum Gasteiger partial charge on any atom is -0.480 e. The van der Waals surface area contributed by atoms with E-state index >= 15 is 0 Å². The molecule has 0 spiro atoms. The first-order valence-corrected chi connectivity index (χ1v) is 6.27. The number of carbonyl (C=O) groups excluding carboxylic acids is 1. The lowest BCUT2D eigenvalue weighted by Crippen LogP contribution is -2.40. The van der Waals surface area contributed by atoms with Crippen LogP contribution in [0.4, 0.5) is 5.69 Å². The standard InChI is InChI=1S/C12H11ClN2O5/c13-8-4-3-7(6-10(8)15(19)20)11(16)14-5-1-2-9(14)12(17)18/h3-4,6,9H,1-2,5H2,(H,17,18). The summed E-state index contributed by atoms with van der Waals surface area (Å²) in [5.74, 6) is -1.60. The number of benzene rings is 1. The zero-order valence-electron chi connectivity index (χ0n) is 10.3. The summed E-state index contributed by atoms with van der Waals surface area (Å²) in [6, 6.07) is 2.81. The molecule has 1 aliphatic rings. The Morgan fingerprint density at radius 2 is 2.15 bits per heavy atom. The topological polar surface area (TPSA) is 101 Å². The van der Waals surface area contributed by atoms with Gasteiger partial charge in [-0.05, 0) is 25.0 Å². The van der Waals surface area contributed by atoms with Crippen LogP contribution in [0.25, 0.3) is 0 Å². The van der Waals surface area contributed by atoms with E-state index in [1.54, 1.807) is 0 Å². The highest BCUT2D eigenvalue weighted by molar-refractivity contribution is 6.32. The molecule has 8 heteroatoms. The molecule has 20 heavy (non-hydrogen) atoms. The summed E-state index contributed by atoms with van der Waals surface area (Å²) in [5, 5.41) is 19.8. The lowest BCUT2D eigenvalue weighted by Gasteiger charge is -2.21. The van der Waals surface area contributed by atoms with Crippen molar-refractivity contribution < 1.29 is 19.6 Å². The number of nitrogens with zero attached hydrogens (tertiary/aromatic N) is 2. The first-order chi connectivity index (χ1) is 9.41. The second-order valence-corrected chi connectivity index (χ2v) is 4.83. The molecule has 0 aromatic heterocycles. The van der Waals surface area contributed by atoms with E-state index in [4.69, 9.17) is 16.7 Å². The van der Waals surface area contributed by atoms with Gasteiger partial charge in [-0.3, -0.25) is 14.9 Å². The van der Waals surface area contributed by atoms with E-state index in [2.05, 4.69) is 0 Å². The number of aliphatic carboxylic acids is 1. The summed E-state index contributed by atoms with van der Waals surface area (Å²) in [7, 11) is 0. The second kappa shape index (κ2) is 5.46. The van der Waals surface area contributed by atoms with Gasteiger partial charge in [0.1, 0.15) is 11.1 Å². The van der Waals surface area contributed by atoms with Crippen molar-refractivity contribution in [2.45, 2.75) is 18.9 Å². The van der Waals surface area contributed by atoms with Gasteiger partial charge in [0.15, 0.2) is 0 Å². The Labute approximate surface area is 118 Å². The Balaban J connectivity index is 2.32. The highest BCUT2D eigenvalue weighted by Gasteiger charge is 2.34. The lowest BCUT2D eigenvalue weighted by molar-refractivity contribution is -0.384. The van der Waals surface area contributed by atoms with E-state index in [0.717, 1.165) is 6.07 Å². The maximum absolute atomic E-state index is 12.2. The number of amides is 1. The SMILES string of the molecule is O=C(O)C1CCCN1C(=O)c1ccc(Cl)c([N+](=O)[O-])c1. The van der Waals surface area contributed by atoms with Crippen molar-refractivity contribution in [2.24, 2.45) is 0 Å². The van der Waals surface area contributed by atoms with Crippen LogP contribution in [0, 0.1) is 10.1 Å². The maximum atomic E-state index is 12.2. The average molecular weight is 299 g/mol. The molecule has 0 bridgehead atoms. The summed E-state index contributed by atoms with van der Waals surface area (Å²) in [6.07, 6.45) is 0.981. The van der Waals surface area contributed by atoms with Crippen LogP contribution in [-0.4, -0.2) is 39.4 Å². The van der Waals surface area contributed by atoms with Gasteiger partial charge in [0, 0.05) is 18.2 Å². The molecule has 1 N–H and O–H groups in total. The van der Waals surface area contributed by atoms with Crippen molar-refractivity contribution in [3.05, 3.63) is 38.9 Å². The molecule has 1 aliphatic heterocycles. The molecule has 1 amide bonds. The van der Waals surface area contributed by atoms with Gasteiger partial charge in [-0.15, -0.1) is 0 Å². The molecule has 1 aromatic carbocycles. The normalized spacial score (nSPS) is 18.1. The van der Waals surface area contributed by atoms with E-state index < -0.39 is 22.8 Å². The van der Waals surface area contributed by atoms with Gasteiger partial charge in [-0.25, -0.2) is 4.79 Å². The number of hydrogen-bond acceptors (Lipinski definition) is 4. The first kappa shape index (κ1) is 14.3. The predicted octanol–water partition coefficient (Wildman–Crippen LogP) is 1.94. The maximum Gasteiger partial charge on any atom is 0.326 e. The number of rotatable bonds is 3. The van der Waals surface area contributed by atoms with Crippen LogP contribution < -0.4 is 0 Å². The summed E-state index contributed by atoms with van der Waals surface area (Å²) >= 11 is 5.67. The van der Waals surface area contributed by atoms with Gasteiger partial charge in [0.05, 0.1) is 4.92 Å². The fourth-order valence-electron chi connectivity index (χ4n) is 2.22. The zero-order valence-corrected chi connectivity index (χ0v) is 11.0. The van der Waals surface area contributed by atoms with E-state index in [0.29, 0.717) is 19.4 Å². The van der Waals surface area contributed by atoms with Crippen LogP contribution in [0.15, 0.2) is 18.2 Å². The molecular formula is C12H11ClN2O5. The van der Waals surface area contributed by atoms with Gasteiger partial charge < -0.3 is 10.0 Å². The summed E-state index contributed by atoms with van der Waals surface area (Å²) in [5.41, 5.74) is -0.308. The Kier molecular flexibility index (Phi) is 3.89. The monoisotopic (exact) mass is 298 g/mol. The van der Waals surface area contributed by atoms with E-state index in [9.17, 15) is 19.7 Å². The smallest absolute Gasteiger partial charge is 0.326 e. The minimum absolute atomic E-state index is 0.0641. The molecule has 1 unspecified atom stereocenters. The molecule has 2 rings (SSSR count). The van der Waals surface area contributed by atoms with Crippen molar-refractivity contribution in [3.63, 3.8) is 0 Å². The third kappa shape index (κ3) is 2.57. The zero-order chi connectivity index (χ0) is 14.9. The third-order valence-electron chi connectivity index (χ3n) is 3.19. The fourth-order valence-corrected chi connectivity index (χ4v) is 2.40. The molecule has 0 aliphatic carbocycles. The van der Waals surface area contributed by atoms with Crippen LogP contribution in [0.5, 0.6) is 0 Å². The van der Waals surface area contributed by atoms with Gasteiger partial charge in [0.2, 0.25) is 0 Å². The number of carbonyl (C=O) groups is 2. The molecule has 1 saturated heterocycles. The van der Waals surface area contributed by atoms with E-state index in [-0.39, 0.29) is 16.3 Å². The van der Waals surface area contributed by atoms with E-state index in [1.807, 2.05) is 0 Å². The average Bonchev–Trinajstić information content (AvgIpc) is 2.87. The van der Waals surface area contributed by atoms with Gasteiger partial charge >= 0.3 is 5.97 Å². The quantitative estimate of drug-likeness (QED) is 0.679. The van der Waals surface area contributed by atoms with Gasteiger partial charge in [0.25, 0.3) is 11.6 Å². The molecule has 1 atom stereocenters. The molecule has 106 valence electrons. The fraction of sp³-hybridized carbons (Fsp3) is 0.333. The van der Waals surface area contributed by atoms with E-state index in [1.165, 1.54) is 17.0 Å². The van der Waals surface area contributed by atoms with Crippen molar-refractivity contribution in [1.82, 2.24) is 4.90 Å². The van der Waals surface area contributed by atoms with Crippen LogP contribution in [-0.2, 0) is 4.79 Å². The number of halogens is 1. The predicted molar refractivity (Wildman–Crippen MR) is 69.8 cm³/mol. The Bertz CT molecular complexity index is 589. The first-order valence-electron chi connectivity index (χ1n) is 5.89. The molecule has 0 radical (unpaired) electrons. The number of carboxylic acid groups (broad SMARTS) is 1. The van der Waals surface area contributed by atoms with Gasteiger partial charge in [-0.1, -0.05) is 11.6 Å². The summed E-state index contributed by atoms with van der Waals surface area (Å²) < 4.78 is 0. The molecule has 7 nitrogen and oxygen atoms in total. The third-order valence-corrected chi connectivity index (χ3v) is 3.51. The highest BCUT2D eigenvalue weighted by Crippen LogP contribution is 2.27. The van der Waals surface area contributed by atoms with Crippen molar-refractivity contribution in [1.29, 1.82) is 0 Å². The second-order valence-electron chi connectivity index (χ2n) is 4.42. The molecular weight excluding hydrogens is 288 g/mol. The number of nitro benzene ring substituents is 1. The Hall–Kier alpha value is -2.15. The van der Waals surface area contributed by atoms with Crippen molar-refractivity contribution >= 4 is 29.2 Å². The van der Waals surface area contributed by atoms with Crippen molar-refractivity contribution in [2.75, 3.05) is 6.54 Å². The Morgan fingerprint density at radius 3 is 2.75 bits per heavy atom. The minimum atomic E-state index is -1.07. The molecule has 1 heterocycles. The van der Waals surface area contributed by atoms with Crippen LogP contribution in [0.1, 0.15) is 23.2 Å². The number of carboxylic acids is 1. The van der Waals surface area contributed by atoms with Crippen LogP contribution in [0.2, 0.25) is 5.02 Å². The van der Waals surface area contributed by atoms with Crippen LogP contribution in [0.3, 0.4) is 0 Å². The summed E-state index contributed by atoms with van der Waals surface area (Å²) in [6.45, 7) is 0.326. The molecule has 1 aromatic rings. The highest BCUT2D eigenvalue weighted by atomic mass is 35.5. The molecule has 0 saturated carbocycles. The number of hydrogen-bond donors (Lipinski definition) is 1. The largest absolute Gasteiger partial charge is 0.480 e. The summed E-state index contributed by atoms with van der Waals surface area (Å²) in [4.78, 5) is 34.6. The lowest BCUT2D eigenvalue weighted by atomic mass is 10.1. The number of nitro groups is 1. The molecule has 1 fully saturated rings. The van der Waals surface area contributed by atoms with Crippen molar-refractivity contribution in [3.8, 4) is 0 Å². The van der Waals surface area contributed by atoms with Gasteiger partial charge in [-0.2, -0.15) is 0 Å². The number of likely N-dealkylation sites (tertiary alicyclic amines) is 1. The van der Waals surface area contributed by atoms with Crippen LogP contribution >= 0.6 is 11.6 Å². The Morgan fingerprint density at radius 1 is 1.45 bits per heavy atom.